The summed E-state index contributed by atoms with van der Waals surface area (Å²) in [5, 5.41) is 0.318. The third-order valence-electron chi connectivity index (χ3n) is 3.22. The van der Waals surface area contributed by atoms with Gasteiger partial charge in [0.1, 0.15) is 5.82 Å². The van der Waals surface area contributed by atoms with Crippen molar-refractivity contribution in [3.8, 4) is 11.4 Å². The van der Waals surface area contributed by atoms with Gasteiger partial charge in [0.15, 0.2) is 5.82 Å². The van der Waals surface area contributed by atoms with E-state index in [0.29, 0.717) is 23.0 Å². The van der Waals surface area contributed by atoms with Crippen LogP contribution in [0.3, 0.4) is 0 Å². The van der Waals surface area contributed by atoms with Gasteiger partial charge in [-0.1, -0.05) is 11.6 Å². The van der Waals surface area contributed by atoms with Gasteiger partial charge in [0, 0.05) is 17.0 Å². The molecule has 3 nitrogen and oxygen atoms in total. The largest absolute Gasteiger partial charge is 0.330 e. The number of rotatable bonds is 4. The van der Waals surface area contributed by atoms with Crippen molar-refractivity contribution < 1.29 is 4.39 Å². The van der Waals surface area contributed by atoms with Crippen LogP contribution in [0.4, 0.5) is 4.39 Å². The number of benzene rings is 1. The van der Waals surface area contributed by atoms with Gasteiger partial charge in [-0.25, -0.2) is 14.4 Å². The van der Waals surface area contributed by atoms with Gasteiger partial charge < -0.3 is 5.73 Å². The molecule has 2 aromatic rings. The molecular formula is C15H17ClFN3. The van der Waals surface area contributed by atoms with Crippen LogP contribution in [0.5, 0.6) is 0 Å². The molecule has 0 aliphatic heterocycles. The highest BCUT2D eigenvalue weighted by Gasteiger charge is 2.12. The summed E-state index contributed by atoms with van der Waals surface area (Å²) in [6.45, 7) is 4.54. The molecule has 2 N–H and O–H groups in total. The summed E-state index contributed by atoms with van der Waals surface area (Å²) in [6, 6.07) is 4.23. The van der Waals surface area contributed by atoms with E-state index >= 15 is 0 Å². The summed E-state index contributed by atoms with van der Waals surface area (Å²) in [6.07, 6.45) is 1.77. The van der Waals surface area contributed by atoms with E-state index in [9.17, 15) is 4.39 Å². The van der Waals surface area contributed by atoms with Crippen molar-refractivity contribution >= 4 is 11.6 Å². The zero-order valence-electron chi connectivity index (χ0n) is 11.6. The number of nitrogens with zero attached hydrogens (tertiary/aromatic N) is 2. The Morgan fingerprint density at radius 2 is 1.85 bits per heavy atom. The first-order valence-corrected chi connectivity index (χ1v) is 6.90. The summed E-state index contributed by atoms with van der Waals surface area (Å²) in [4.78, 5) is 8.98. The topological polar surface area (TPSA) is 51.8 Å². The predicted molar refractivity (Wildman–Crippen MR) is 79.3 cm³/mol. The smallest absolute Gasteiger partial charge is 0.161 e. The Balaban J connectivity index is 2.44. The van der Waals surface area contributed by atoms with Crippen LogP contribution in [0.1, 0.15) is 23.4 Å². The fourth-order valence-corrected chi connectivity index (χ4v) is 2.42. The number of aryl methyl sites for hydroxylation is 2. The van der Waals surface area contributed by atoms with Gasteiger partial charge in [-0.3, -0.25) is 0 Å². The van der Waals surface area contributed by atoms with Crippen molar-refractivity contribution in [1.29, 1.82) is 0 Å². The second kappa shape index (κ2) is 6.29. The molecule has 1 heterocycles. The Hall–Kier alpha value is -1.52. The molecule has 0 fully saturated rings. The lowest BCUT2D eigenvalue weighted by Crippen LogP contribution is -2.06. The summed E-state index contributed by atoms with van der Waals surface area (Å²) in [5.41, 5.74) is 9.14. The zero-order chi connectivity index (χ0) is 14.7. The van der Waals surface area contributed by atoms with E-state index in [2.05, 4.69) is 9.97 Å². The molecule has 106 valence electrons. The monoisotopic (exact) mass is 293 g/mol. The molecule has 0 saturated heterocycles. The molecule has 0 aliphatic carbocycles. The molecule has 0 amide bonds. The molecule has 0 radical (unpaired) electrons. The third kappa shape index (κ3) is 3.14. The van der Waals surface area contributed by atoms with Gasteiger partial charge >= 0.3 is 0 Å². The van der Waals surface area contributed by atoms with Crippen LogP contribution < -0.4 is 5.73 Å². The van der Waals surface area contributed by atoms with Gasteiger partial charge in [0.05, 0.1) is 5.02 Å². The van der Waals surface area contributed by atoms with E-state index < -0.39 is 0 Å². The minimum absolute atomic E-state index is 0.318. The van der Waals surface area contributed by atoms with Gasteiger partial charge in [-0.2, -0.15) is 0 Å². The van der Waals surface area contributed by atoms with E-state index in [-0.39, 0.29) is 5.82 Å². The second-order valence-corrected chi connectivity index (χ2v) is 5.12. The lowest BCUT2D eigenvalue weighted by atomic mass is 10.1. The Bertz CT molecular complexity index is 606. The standard InChI is InChI=1S/C15H17ClFN3/c1-9-12(4-3-7-18)10(2)20-15(19-9)13-6-5-11(17)8-14(13)16/h5-6,8H,3-4,7,18H2,1-2H3. The van der Waals surface area contributed by atoms with Crippen LogP contribution in [0, 0.1) is 19.7 Å². The average molecular weight is 294 g/mol. The highest BCUT2D eigenvalue weighted by molar-refractivity contribution is 6.33. The average Bonchev–Trinajstić information content (AvgIpc) is 2.37. The first kappa shape index (κ1) is 14.9. The van der Waals surface area contributed by atoms with Crippen LogP contribution in [-0.4, -0.2) is 16.5 Å². The molecule has 0 aliphatic rings. The predicted octanol–water partition coefficient (Wildman–Crippen LogP) is 3.44. The van der Waals surface area contributed by atoms with Crippen molar-refractivity contribution in [2.45, 2.75) is 26.7 Å². The maximum atomic E-state index is 13.1. The molecule has 0 spiro atoms. The van der Waals surface area contributed by atoms with Crippen molar-refractivity contribution in [3.05, 3.63) is 46.0 Å². The van der Waals surface area contributed by atoms with Crippen LogP contribution in [0.15, 0.2) is 18.2 Å². The van der Waals surface area contributed by atoms with E-state index in [4.69, 9.17) is 17.3 Å². The van der Waals surface area contributed by atoms with Gasteiger partial charge in [-0.15, -0.1) is 0 Å². The molecule has 0 unspecified atom stereocenters. The lowest BCUT2D eigenvalue weighted by Gasteiger charge is -2.11. The maximum absolute atomic E-state index is 13.1. The fourth-order valence-electron chi connectivity index (χ4n) is 2.17. The molecular weight excluding hydrogens is 277 g/mol. The van der Waals surface area contributed by atoms with Crippen molar-refractivity contribution in [1.82, 2.24) is 9.97 Å². The Kier molecular flexibility index (Phi) is 4.68. The molecule has 0 atom stereocenters. The number of hydrogen-bond donors (Lipinski definition) is 1. The third-order valence-corrected chi connectivity index (χ3v) is 3.54. The summed E-state index contributed by atoms with van der Waals surface area (Å²) >= 11 is 6.06. The van der Waals surface area contributed by atoms with Crippen molar-refractivity contribution in [2.75, 3.05) is 6.54 Å². The molecule has 1 aromatic heterocycles. The molecule has 0 bridgehead atoms. The summed E-state index contributed by atoms with van der Waals surface area (Å²) < 4.78 is 13.1. The Labute approximate surface area is 123 Å². The second-order valence-electron chi connectivity index (χ2n) is 4.71. The molecule has 2 rings (SSSR count). The first-order valence-electron chi connectivity index (χ1n) is 6.52. The van der Waals surface area contributed by atoms with E-state index in [0.717, 1.165) is 29.8 Å². The Morgan fingerprint density at radius 3 is 2.40 bits per heavy atom. The lowest BCUT2D eigenvalue weighted by molar-refractivity contribution is 0.628. The first-order chi connectivity index (χ1) is 9.52. The van der Waals surface area contributed by atoms with Crippen LogP contribution >= 0.6 is 11.6 Å². The molecule has 0 saturated carbocycles. The molecule has 5 heteroatoms. The molecule has 20 heavy (non-hydrogen) atoms. The highest BCUT2D eigenvalue weighted by atomic mass is 35.5. The van der Waals surface area contributed by atoms with Crippen LogP contribution in [0.2, 0.25) is 5.02 Å². The van der Waals surface area contributed by atoms with E-state index in [1.807, 2.05) is 13.8 Å². The fraction of sp³-hybridized carbons (Fsp3) is 0.333. The SMILES string of the molecule is Cc1nc(-c2ccc(F)cc2Cl)nc(C)c1CCCN. The Morgan fingerprint density at radius 1 is 1.20 bits per heavy atom. The normalized spacial score (nSPS) is 10.8. The number of halogens is 2. The van der Waals surface area contributed by atoms with E-state index in [1.54, 1.807) is 6.07 Å². The number of nitrogens with two attached hydrogens (primary N) is 1. The number of aromatic nitrogens is 2. The number of hydrogen-bond acceptors (Lipinski definition) is 3. The van der Waals surface area contributed by atoms with Crippen LogP contribution in [-0.2, 0) is 6.42 Å². The minimum Gasteiger partial charge on any atom is -0.330 e. The van der Waals surface area contributed by atoms with Gasteiger partial charge in [0.2, 0.25) is 0 Å². The van der Waals surface area contributed by atoms with Crippen molar-refractivity contribution in [3.63, 3.8) is 0 Å². The minimum atomic E-state index is -0.369. The molecule has 1 aromatic carbocycles. The van der Waals surface area contributed by atoms with Crippen molar-refractivity contribution in [2.24, 2.45) is 5.73 Å². The van der Waals surface area contributed by atoms with Crippen LogP contribution in [0.25, 0.3) is 11.4 Å². The summed E-state index contributed by atoms with van der Waals surface area (Å²) in [7, 11) is 0. The maximum Gasteiger partial charge on any atom is 0.161 e. The van der Waals surface area contributed by atoms with Gasteiger partial charge in [0.25, 0.3) is 0 Å². The van der Waals surface area contributed by atoms with Gasteiger partial charge in [-0.05, 0) is 57.0 Å². The van der Waals surface area contributed by atoms with E-state index in [1.165, 1.54) is 12.1 Å². The zero-order valence-corrected chi connectivity index (χ0v) is 12.3. The summed E-state index contributed by atoms with van der Waals surface area (Å²) in [5.74, 6) is 0.160. The quantitative estimate of drug-likeness (QED) is 0.939. The highest BCUT2D eigenvalue weighted by Crippen LogP contribution is 2.27.